The first-order valence-corrected chi connectivity index (χ1v) is 7.57. The zero-order valence-corrected chi connectivity index (χ0v) is 12.7. The Morgan fingerprint density at radius 2 is 1.62 bits per heavy atom. The molecule has 0 aliphatic heterocycles. The van der Waals surface area contributed by atoms with Gasteiger partial charge in [-0.05, 0) is 30.3 Å². The van der Waals surface area contributed by atoms with Crippen LogP contribution in [0.3, 0.4) is 0 Å². The van der Waals surface area contributed by atoms with E-state index >= 15 is 0 Å². The monoisotopic (exact) mass is 356 g/mol. The molecule has 0 bridgehead atoms. The summed E-state index contributed by atoms with van der Waals surface area (Å²) in [4.78, 5) is 4.04. The van der Waals surface area contributed by atoms with E-state index in [9.17, 15) is 22.0 Å². The first-order chi connectivity index (χ1) is 11.3. The van der Waals surface area contributed by atoms with Crippen molar-refractivity contribution in [3.63, 3.8) is 0 Å². The summed E-state index contributed by atoms with van der Waals surface area (Å²) in [6.07, 6.45) is -4.46. The highest BCUT2D eigenvalue weighted by atomic mass is 32.1. The second-order valence-electron chi connectivity index (χ2n) is 4.84. The van der Waals surface area contributed by atoms with Gasteiger partial charge in [0, 0.05) is 11.1 Å². The van der Waals surface area contributed by atoms with Crippen molar-refractivity contribution in [3.05, 3.63) is 65.0 Å². The van der Waals surface area contributed by atoms with Gasteiger partial charge in [0.05, 0.1) is 16.8 Å². The van der Waals surface area contributed by atoms with Gasteiger partial charge in [-0.3, -0.25) is 0 Å². The highest BCUT2D eigenvalue weighted by molar-refractivity contribution is 7.14. The van der Waals surface area contributed by atoms with E-state index in [0.717, 1.165) is 35.6 Å². The Hall–Kier alpha value is -2.48. The summed E-state index contributed by atoms with van der Waals surface area (Å²) in [6, 6.07) is 8.05. The molecule has 0 radical (unpaired) electrons. The fraction of sp³-hybridized carbons (Fsp3) is 0.0625. The summed E-state index contributed by atoms with van der Waals surface area (Å²) >= 11 is 1.03. The van der Waals surface area contributed by atoms with Crippen molar-refractivity contribution >= 4 is 22.2 Å². The number of hydrogen-bond donors (Lipinski definition) is 1. The summed E-state index contributed by atoms with van der Waals surface area (Å²) in [6.45, 7) is 0. The number of alkyl halides is 3. The third-order valence-electron chi connectivity index (χ3n) is 3.16. The molecule has 8 heteroatoms. The SMILES string of the molecule is Fc1cccc(F)c1-c1csc(Nc2cccc(C(F)(F)F)c2)n1. The van der Waals surface area contributed by atoms with Crippen LogP contribution in [0.4, 0.5) is 32.8 Å². The van der Waals surface area contributed by atoms with Gasteiger partial charge in [0.25, 0.3) is 0 Å². The normalized spacial score (nSPS) is 11.5. The number of thiazole rings is 1. The van der Waals surface area contributed by atoms with Crippen LogP contribution in [0.15, 0.2) is 47.8 Å². The standard InChI is InChI=1S/C16H9F5N2S/c17-11-5-2-6-12(18)14(11)13-8-24-15(23-13)22-10-4-1-3-9(7-10)16(19,20)21/h1-8H,(H,22,23). The molecule has 1 N–H and O–H groups in total. The van der Waals surface area contributed by atoms with E-state index in [-0.39, 0.29) is 22.1 Å². The minimum absolute atomic E-state index is 0.0741. The lowest BCUT2D eigenvalue weighted by Crippen LogP contribution is -2.05. The topological polar surface area (TPSA) is 24.9 Å². The summed E-state index contributed by atoms with van der Waals surface area (Å²) < 4.78 is 65.6. The molecular weight excluding hydrogens is 347 g/mol. The molecule has 24 heavy (non-hydrogen) atoms. The first kappa shape index (κ1) is 16.4. The molecule has 0 spiro atoms. The van der Waals surface area contributed by atoms with Crippen molar-refractivity contribution in [3.8, 4) is 11.3 Å². The number of hydrogen-bond acceptors (Lipinski definition) is 3. The maximum absolute atomic E-state index is 13.7. The number of nitrogens with one attached hydrogen (secondary N) is 1. The summed E-state index contributed by atoms with van der Waals surface area (Å²) in [5.41, 5.74) is -0.819. The van der Waals surface area contributed by atoms with Crippen molar-refractivity contribution in [2.75, 3.05) is 5.32 Å². The molecule has 0 saturated carbocycles. The smallest absolute Gasteiger partial charge is 0.332 e. The summed E-state index contributed by atoms with van der Waals surface area (Å²) in [5, 5.41) is 4.36. The van der Waals surface area contributed by atoms with Gasteiger partial charge in [0.2, 0.25) is 0 Å². The number of aromatic nitrogens is 1. The molecule has 0 unspecified atom stereocenters. The van der Waals surface area contributed by atoms with Gasteiger partial charge in [-0.15, -0.1) is 11.3 Å². The Balaban J connectivity index is 1.87. The van der Waals surface area contributed by atoms with E-state index in [4.69, 9.17) is 0 Å². The molecule has 3 aromatic rings. The van der Waals surface area contributed by atoms with Gasteiger partial charge in [0.1, 0.15) is 11.6 Å². The van der Waals surface area contributed by atoms with Crippen LogP contribution >= 0.6 is 11.3 Å². The lowest BCUT2D eigenvalue weighted by molar-refractivity contribution is -0.137. The lowest BCUT2D eigenvalue weighted by atomic mass is 10.1. The minimum atomic E-state index is -4.46. The van der Waals surface area contributed by atoms with Crippen LogP contribution in [-0.4, -0.2) is 4.98 Å². The number of nitrogens with zero attached hydrogens (tertiary/aromatic N) is 1. The highest BCUT2D eigenvalue weighted by Gasteiger charge is 2.30. The van der Waals surface area contributed by atoms with Gasteiger partial charge in [0.15, 0.2) is 5.13 Å². The summed E-state index contributed by atoms with van der Waals surface area (Å²) in [5.74, 6) is -1.52. The van der Waals surface area contributed by atoms with E-state index in [1.165, 1.54) is 23.6 Å². The first-order valence-electron chi connectivity index (χ1n) is 6.69. The zero-order chi connectivity index (χ0) is 17.3. The van der Waals surface area contributed by atoms with Crippen LogP contribution in [-0.2, 0) is 6.18 Å². The number of halogens is 5. The molecule has 0 aliphatic carbocycles. The van der Waals surface area contributed by atoms with Crippen LogP contribution in [0.1, 0.15) is 5.56 Å². The highest BCUT2D eigenvalue weighted by Crippen LogP contribution is 2.33. The Morgan fingerprint density at radius 3 is 2.29 bits per heavy atom. The fourth-order valence-electron chi connectivity index (χ4n) is 2.09. The van der Waals surface area contributed by atoms with Crippen LogP contribution < -0.4 is 5.32 Å². The van der Waals surface area contributed by atoms with E-state index in [1.807, 2.05) is 0 Å². The molecule has 2 aromatic carbocycles. The predicted molar refractivity (Wildman–Crippen MR) is 82.2 cm³/mol. The molecule has 1 heterocycles. The van der Waals surface area contributed by atoms with Crippen LogP contribution in [0.2, 0.25) is 0 Å². The van der Waals surface area contributed by atoms with Crippen molar-refractivity contribution in [1.29, 1.82) is 0 Å². The van der Waals surface area contributed by atoms with Crippen molar-refractivity contribution in [2.45, 2.75) is 6.18 Å². The molecule has 124 valence electrons. The van der Waals surface area contributed by atoms with Crippen molar-refractivity contribution in [1.82, 2.24) is 4.98 Å². The van der Waals surface area contributed by atoms with Gasteiger partial charge >= 0.3 is 6.18 Å². The minimum Gasteiger partial charge on any atom is -0.332 e. The van der Waals surface area contributed by atoms with Gasteiger partial charge in [-0.25, -0.2) is 13.8 Å². The van der Waals surface area contributed by atoms with Crippen LogP contribution in [0, 0.1) is 11.6 Å². The average Bonchev–Trinajstić information content (AvgIpc) is 2.94. The molecule has 2 nitrogen and oxygen atoms in total. The Labute approximate surface area is 137 Å². The van der Waals surface area contributed by atoms with Gasteiger partial charge in [-0.2, -0.15) is 13.2 Å². The van der Waals surface area contributed by atoms with E-state index in [1.54, 1.807) is 0 Å². The summed E-state index contributed by atoms with van der Waals surface area (Å²) in [7, 11) is 0. The largest absolute Gasteiger partial charge is 0.416 e. The Morgan fingerprint density at radius 1 is 0.958 bits per heavy atom. The molecule has 0 saturated heterocycles. The Bertz CT molecular complexity index is 853. The zero-order valence-electron chi connectivity index (χ0n) is 11.9. The quantitative estimate of drug-likeness (QED) is 0.596. The molecular formula is C16H9F5N2S. The molecule has 0 amide bonds. The van der Waals surface area contributed by atoms with E-state index in [0.29, 0.717) is 0 Å². The van der Waals surface area contributed by atoms with Gasteiger partial charge < -0.3 is 5.32 Å². The lowest BCUT2D eigenvalue weighted by Gasteiger charge is -2.09. The maximum atomic E-state index is 13.7. The van der Waals surface area contributed by atoms with E-state index < -0.39 is 23.4 Å². The fourth-order valence-corrected chi connectivity index (χ4v) is 2.81. The molecule has 0 atom stereocenters. The molecule has 3 rings (SSSR count). The molecule has 1 aromatic heterocycles. The van der Waals surface area contributed by atoms with Crippen LogP contribution in [0.5, 0.6) is 0 Å². The maximum Gasteiger partial charge on any atom is 0.416 e. The number of rotatable bonds is 3. The van der Waals surface area contributed by atoms with E-state index in [2.05, 4.69) is 10.3 Å². The second kappa shape index (κ2) is 6.20. The van der Waals surface area contributed by atoms with Crippen LogP contribution in [0.25, 0.3) is 11.3 Å². The predicted octanol–water partition coefficient (Wildman–Crippen LogP) is 5.85. The third kappa shape index (κ3) is 3.38. The van der Waals surface area contributed by atoms with Crippen molar-refractivity contribution in [2.24, 2.45) is 0 Å². The molecule has 0 fully saturated rings. The molecule has 0 aliphatic rings. The average molecular weight is 356 g/mol. The number of benzene rings is 2. The van der Waals surface area contributed by atoms with Gasteiger partial charge in [-0.1, -0.05) is 12.1 Å². The number of anilines is 2. The second-order valence-corrected chi connectivity index (χ2v) is 5.70. The third-order valence-corrected chi connectivity index (χ3v) is 3.92. The Kier molecular flexibility index (Phi) is 4.23. The van der Waals surface area contributed by atoms with Crippen molar-refractivity contribution < 1.29 is 22.0 Å².